The van der Waals surface area contributed by atoms with Gasteiger partial charge in [-0.3, -0.25) is 4.79 Å². The van der Waals surface area contributed by atoms with Gasteiger partial charge in [-0.2, -0.15) is 0 Å². The van der Waals surface area contributed by atoms with E-state index in [1.807, 2.05) is 24.3 Å². The summed E-state index contributed by atoms with van der Waals surface area (Å²) in [5.41, 5.74) is 2.64. The van der Waals surface area contributed by atoms with Gasteiger partial charge in [0.25, 0.3) is 0 Å². The largest absolute Gasteiger partial charge is 0.486 e. The van der Waals surface area contributed by atoms with E-state index in [0.717, 1.165) is 22.7 Å². The molecule has 0 bridgehead atoms. The van der Waals surface area contributed by atoms with Gasteiger partial charge in [-0.25, -0.2) is 9.78 Å². The van der Waals surface area contributed by atoms with Crippen molar-refractivity contribution in [3.63, 3.8) is 0 Å². The number of aromatic nitrogens is 1. The zero-order chi connectivity index (χ0) is 22.2. The number of thiazole rings is 1. The van der Waals surface area contributed by atoms with Crippen LogP contribution in [0.25, 0.3) is 0 Å². The van der Waals surface area contributed by atoms with Gasteiger partial charge in [-0.15, -0.1) is 11.3 Å². The molecule has 7 heteroatoms. The lowest BCUT2D eigenvalue weighted by molar-refractivity contribution is -0.120. The standard InChI is InChI=1S/C24H26N2O4S/c1-3-16(2)21-15-31-23(26-21)14-30-19-9-6-7-17(11-19)13-25-22(27)12-18-8-4-5-10-20(18)24(28)29/h4-11,15-16H,3,12-14H2,1-2H3,(H,25,27)(H,28,29). The van der Waals surface area contributed by atoms with Crippen LogP contribution < -0.4 is 10.1 Å². The third-order valence-corrected chi connectivity index (χ3v) is 5.88. The quantitative estimate of drug-likeness (QED) is 0.475. The first-order valence-electron chi connectivity index (χ1n) is 10.2. The van der Waals surface area contributed by atoms with Gasteiger partial charge in [0.2, 0.25) is 5.91 Å². The number of nitrogens with zero attached hydrogens (tertiary/aromatic N) is 1. The molecule has 0 aliphatic carbocycles. The third-order valence-electron chi connectivity index (χ3n) is 5.04. The fourth-order valence-electron chi connectivity index (χ4n) is 3.04. The average molecular weight is 439 g/mol. The van der Waals surface area contributed by atoms with E-state index in [-0.39, 0.29) is 17.9 Å². The molecule has 0 fully saturated rings. The maximum absolute atomic E-state index is 12.3. The average Bonchev–Trinajstić information content (AvgIpc) is 3.25. The molecule has 0 aliphatic heterocycles. The van der Waals surface area contributed by atoms with Crippen LogP contribution in [0, 0.1) is 0 Å². The van der Waals surface area contributed by atoms with Crippen molar-refractivity contribution in [2.24, 2.45) is 0 Å². The molecule has 0 saturated carbocycles. The minimum atomic E-state index is -1.04. The van der Waals surface area contributed by atoms with E-state index >= 15 is 0 Å². The van der Waals surface area contributed by atoms with E-state index in [4.69, 9.17) is 4.74 Å². The van der Waals surface area contributed by atoms with Crippen molar-refractivity contribution < 1.29 is 19.4 Å². The topological polar surface area (TPSA) is 88.5 Å². The number of amides is 1. The highest BCUT2D eigenvalue weighted by Gasteiger charge is 2.13. The Balaban J connectivity index is 1.53. The van der Waals surface area contributed by atoms with Crippen molar-refractivity contribution in [2.75, 3.05) is 0 Å². The Morgan fingerprint density at radius 3 is 2.77 bits per heavy atom. The third kappa shape index (κ3) is 6.39. The van der Waals surface area contributed by atoms with E-state index < -0.39 is 5.97 Å². The van der Waals surface area contributed by atoms with Crippen molar-refractivity contribution >= 4 is 23.2 Å². The van der Waals surface area contributed by atoms with Crippen LogP contribution in [0.2, 0.25) is 0 Å². The zero-order valence-electron chi connectivity index (χ0n) is 17.6. The Morgan fingerprint density at radius 2 is 2.00 bits per heavy atom. The van der Waals surface area contributed by atoms with E-state index in [0.29, 0.717) is 30.4 Å². The van der Waals surface area contributed by atoms with Crippen molar-refractivity contribution in [1.82, 2.24) is 10.3 Å². The number of nitrogens with one attached hydrogen (secondary N) is 1. The number of aromatic carboxylic acids is 1. The second kappa shape index (κ2) is 10.7. The maximum atomic E-state index is 12.3. The number of carboxylic acid groups (broad SMARTS) is 1. The molecule has 1 amide bonds. The highest BCUT2D eigenvalue weighted by atomic mass is 32.1. The Hall–Kier alpha value is -3.19. The number of hydrogen-bond donors (Lipinski definition) is 2. The van der Waals surface area contributed by atoms with Crippen LogP contribution in [0.5, 0.6) is 5.75 Å². The van der Waals surface area contributed by atoms with E-state index in [1.165, 1.54) is 6.07 Å². The molecule has 1 heterocycles. The lowest BCUT2D eigenvalue weighted by Gasteiger charge is -2.09. The molecule has 6 nitrogen and oxygen atoms in total. The van der Waals surface area contributed by atoms with Gasteiger partial charge < -0.3 is 15.2 Å². The van der Waals surface area contributed by atoms with E-state index in [1.54, 1.807) is 29.5 Å². The molecule has 1 unspecified atom stereocenters. The summed E-state index contributed by atoms with van der Waals surface area (Å²) in [6.07, 6.45) is 1.07. The van der Waals surface area contributed by atoms with Crippen molar-refractivity contribution in [2.45, 2.75) is 45.8 Å². The number of carbonyl (C=O) groups excluding carboxylic acids is 1. The van der Waals surface area contributed by atoms with Crippen LogP contribution in [0.3, 0.4) is 0 Å². The predicted octanol–water partition coefficient (Wildman–Crippen LogP) is 4.79. The number of benzene rings is 2. The van der Waals surface area contributed by atoms with Crippen LogP contribution in [-0.2, 0) is 24.4 Å². The molecule has 3 aromatic rings. The second-order valence-electron chi connectivity index (χ2n) is 7.33. The van der Waals surface area contributed by atoms with Crippen LogP contribution in [-0.4, -0.2) is 22.0 Å². The van der Waals surface area contributed by atoms with Crippen LogP contribution in [0.4, 0.5) is 0 Å². The molecule has 31 heavy (non-hydrogen) atoms. The Kier molecular flexibility index (Phi) is 7.78. The molecule has 1 atom stereocenters. The van der Waals surface area contributed by atoms with Crippen molar-refractivity contribution in [1.29, 1.82) is 0 Å². The number of ether oxygens (including phenoxy) is 1. The molecular formula is C24H26N2O4S. The highest BCUT2D eigenvalue weighted by molar-refractivity contribution is 7.09. The molecule has 2 aromatic carbocycles. The fourth-order valence-corrected chi connectivity index (χ4v) is 3.86. The number of carboxylic acids is 1. The first kappa shape index (κ1) is 22.5. The van der Waals surface area contributed by atoms with E-state index in [2.05, 4.69) is 29.5 Å². The monoisotopic (exact) mass is 438 g/mol. The molecule has 0 radical (unpaired) electrons. The summed E-state index contributed by atoms with van der Waals surface area (Å²) in [5.74, 6) is -0.118. The Morgan fingerprint density at radius 1 is 1.19 bits per heavy atom. The smallest absolute Gasteiger partial charge is 0.335 e. The SMILES string of the molecule is CCC(C)c1csc(COc2cccc(CNC(=O)Cc3ccccc3C(=O)O)c2)n1. The summed E-state index contributed by atoms with van der Waals surface area (Å²) in [6, 6.07) is 14.1. The van der Waals surface area contributed by atoms with E-state index in [9.17, 15) is 14.7 Å². The molecular weight excluding hydrogens is 412 g/mol. The highest BCUT2D eigenvalue weighted by Crippen LogP contribution is 2.22. The first-order chi connectivity index (χ1) is 15.0. The van der Waals surface area contributed by atoms with Gasteiger partial charge in [0.15, 0.2) is 0 Å². The molecule has 1 aromatic heterocycles. The lowest BCUT2D eigenvalue weighted by atomic mass is 10.0. The van der Waals surface area contributed by atoms with Crippen molar-refractivity contribution in [3.8, 4) is 5.75 Å². The number of hydrogen-bond acceptors (Lipinski definition) is 5. The van der Waals surface area contributed by atoms with Gasteiger partial charge in [0.05, 0.1) is 17.7 Å². The van der Waals surface area contributed by atoms with Crippen molar-refractivity contribution in [3.05, 3.63) is 81.3 Å². The van der Waals surface area contributed by atoms with Crippen LogP contribution in [0.15, 0.2) is 53.9 Å². The van der Waals surface area contributed by atoms with Gasteiger partial charge in [0.1, 0.15) is 17.4 Å². The zero-order valence-corrected chi connectivity index (χ0v) is 18.4. The number of carbonyl (C=O) groups is 2. The summed E-state index contributed by atoms with van der Waals surface area (Å²) in [6.45, 7) is 5.05. The van der Waals surface area contributed by atoms with Gasteiger partial charge in [-0.05, 0) is 41.7 Å². The molecule has 162 valence electrons. The van der Waals surface area contributed by atoms with Gasteiger partial charge in [-0.1, -0.05) is 44.2 Å². The molecule has 2 N–H and O–H groups in total. The fraction of sp³-hybridized carbons (Fsp3) is 0.292. The Bertz CT molecular complexity index is 1050. The number of rotatable bonds is 10. The summed E-state index contributed by atoms with van der Waals surface area (Å²) >= 11 is 1.60. The first-order valence-corrected chi connectivity index (χ1v) is 11.1. The van der Waals surface area contributed by atoms with Crippen LogP contribution in [0.1, 0.15) is 58.4 Å². The Labute approximate surface area is 185 Å². The summed E-state index contributed by atoms with van der Waals surface area (Å²) in [4.78, 5) is 28.2. The normalized spacial score (nSPS) is 11.7. The minimum absolute atomic E-state index is 0.0151. The maximum Gasteiger partial charge on any atom is 0.335 e. The van der Waals surface area contributed by atoms with Gasteiger partial charge in [0, 0.05) is 11.9 Å². The molecule has 3 rings (SSSR count). The molecule has 0 spiro atoms. The van der Waals surface area contributed by atoms with Gasteiger partial charge >= 0.3 is 5.97 Å². The second-order valence-corrected chi connectivity index (χ2v) is 8.27. The minimum Gasteiger partial charge on any atom is -0.486 e. The van der Waals surface area contributed by atoms with Crippen LogP contribution >= 0.6 is 11.3 Å². The molecule has 0 aliphatic rings. The molecule has 0 saturated heterocycles. The summed E-state index contributed by atoms with van der Waals surface area (Å²) in [7, 11) is 0. The lowest BCUT2D eigenvalue weighted by Crippen LogP contribution is -2.25. The predicted molar refractivity (Wildman–Crippen MR) is 121 cm³/mol. The summed E-state index contributed by atoms with van der Waals surface area (Å²) < 4.78 is 5.87. The summed E-state index contributed by atoms with van der Waals surface area (Å²) in [5, 5.41) is 15.1.